The largest absolute Gasteiger partial charge is 0.294 e. The highest BCUT2D eigenvalue weighted by atomic mass is 35.5. The third-order valence-electron chi connectivity index (χ3n) is 2.35. The van der Waals surface area contributed by atoms with Crippen LogP contribution in [0.25, 0.3) is 0 Å². The smallest absolute Gasteiger partial charge is 0.0809 e. The molecule has 2 aliphatic heterocycles. The Morgan fingerprint density at radius 1 is 1.58 bits per heavy atom. The third-order valence-corrected chi connectivity index (χ3v) is 3.93. The topological polar surface area (TPSA) is 15.6 Å². The molecular weight excluding hydrogens is 192 g/mol. The van der Waals surface area contributed by atoms with Gasteiger partial charge in [-0.2, -0.15) is 5.10 Å². The Balaban J connectivity index is 1.89. The lowest BCUT2D eigenvalue weighted by Gasteiger charge is -2.31. The molecule has 0 aromatic carbocycles. The van der Waals surface area contributed by atoms with Gasteiger partial charge in [0.15, 0.2) is 0 Å². The summed E-state index contributed by atoms with van der Waals surface area (Å²) in [6.45, 7) is 1.10. The van der Waals surface area contributed by atoms with Gasteiger partial charge in [0.1, 0.15) is 0 Å². The molecule has 68 valence electrons. The third kappa shape index (κ3) is 1.88. The van der Waals surface area contributed by atoms with Crippen LogP contribution in [0.5, 0.6) is 0 Å². The molecule has 0 amide bonds. The van der Waals surface area contributed by atoms with Gasteiger partial charge in [0.25, 0.3) is 0 Å². The quantitative estimate of drug-likeness (QED) is 0.609. The summed E-state index contributed by atoms with van der Waals surface area (Å²) in [6.07, 6.45) is 5.44. The molecule has 0 saturated carbocycles. The van der Waals surface area contributed by atoms with Crippen LogP contribution < -0.4 is 0 Å². The van der Waals surface area contributed by atoms with Crippen LogP contribution in [0.3, 0.4) is 0 Å². The van der Waals surface area contributed by atoms with Gasteiger partial charge < -0.3 is 0 Å². The second kappa shape index (κ2) is 3.88. The van der Waals surface area contributed by atoms with Crippen molar-refractivity contribution in [3.05, 3.63) is 0 Å². The predicted octanol–water partition coefficient (Wildman–Crippen LogP) is 2.14. The molecule has 1 fully saturated rings. The van der Waals surface area contributed by atoms with Crippen molar-refractivity contribution in [1.29, 1.82) is 0 Å². The number of hydrogen-bond acceptors (Lipinski definition) is 3. The Bertz CT molecular complexity index is 186. The molecular formula is C8H13ClN2S. The van der Waals surface area contributed by atoms with E-state index >= 15 is 0 Å². The number of thioether (sulfide) groups is 1. The van der Waals surface area contributed by atoms with E-state index in [1.165, 1.54) is 12.2 Å². The fraction of sp³-hybridized carbons (Fsp3) is 0.875. The van der Waals surface area contributed by atoms with Crippen LogP contribution in [0.1, 0.15) is 19.3 Å². The first-order valence-electron chi connectivity index (χ1n) is 4.41. The minimum atomic E-state index is 0.305. The van der Waals surface area contributed by atoms with Crippen molar-refractivity contribution in [3.8, 4) is 0 Å². The van der Waals surface area contributed by atoms with Crippen LogP contribution in [0.2, 0.25) is 0 Å². The number of rotatable bonds is 1. The molecule has 0 radical (unpaired) electrons. The molecule has 0 N–H and O–H groups in total. The van der Waals surface area contributed by atoms with Crippen LogP contribution in [-0.4, -0.2) is 34.3 Å². The summed E-state index contributed by atoms with van der Waals surface area (Å²) in [4.78, 5) is 0. The number of hydrogen-bond donors (Lipinski definition) is 0. The molecule has 0 aliphatic carbocycles. The molecule has 0 aromatic rings. The van der Waals surface area contributed by atoms with Crippen molar-refractivity contribution in [2.24, 2.45) is 5.10 Å². The lowest BCUT2D eigenvalue weighted by atomic mass is 10.1. The summed E-state index contributed by atoms with van der Waals surface area (Å²) < 4.78 is 0.305. The molecule has 2 unspecified atom stereocenters. The van der Waals surface area contributed by atoms with Crippen molar-refractivity contribution in [3.63, 3.8) is 0 Å². The predicted molar refractivity (Wildman–Crippen MR) is 54.9 cm³/mol. The molecule has 0 bridgehead atoms. The highest BCUT2D eigenvalue weighted by molar-refractivity contribution is 8.01. The molecule has 2 aliphatic rings. The Morgan fingerprint density at radius 2 is 2.50 bits per heavy atom. The second-order valence-corrected chi connectivity index (χ2v) is 5.31. The Hall–Kier alpha value is 0.110. The van der Waals surface area contributed by atoms with E-state index in [9.17, 15) is 0 Å². The molecule has 12 heavy (non-hydrogen) atoms. The first-order chi connectivity index (χ1) is 5.86. The van der Waals surface area contributed by atoms with Crippen LogP contribution >= 0.6 is 23.4 Å². The summed E-state index contributed by atoms with van der Waals surface area (Å²) in [6, 6.07) is 0.604. The fourth-order valence-electron chi connectivity index (χ4n) is 1.69. The fourth-order valence-corrected chi connectivity index (χ4v) is 3.18. The Labute approximate surface area is 82.3 Å². The van der Waals surface area contributed by atoms with E-state index in [-0.39, 0.29) is 0 Å². The lowest BCUT2D eigenvalue weighted by Crippen LogP contribution is -2.34. The zero-order chi connectivity index (χ0) is 8.39. The second-order valence-electron chi connectivity index (χ2n) is 3.21. The van der Waals surface area contributed by atoms with Gasteiger partial charge in [-0.3, -0.25) is 5.01 Å². The number of nitrogens with zero attached hydrogens (tertiary/aromatic N) is 2. The van der Waals surface area contributed by atoms with Gasteiger partial charge in [-0.05, 0) is 18.6 Å². The first-order valence-corrected chi connectivity index (χ1v) is 5.89. The maximum Gasteiger partial charge on any atom is 0.0809 e. The van der Waals surface area contributed by atoms with E-state index in [2.05, 4.69) is 10.1 Å². The average molecular weight is 205 g/mol. The molecule has 0 spiro atoms. The van der Waals surface area contributed by atoms with E-state index < -0.39 is 0 Å². The van der Waals surface area contributed by atoms with Crippen molar-refractivity contribution < 1.29 is 0 Å². The van der Waals surface area contributed by atoms with Crippen LogP contribution in [-0.2, 0) is 0 Å². The molecule has 4 heteroatoms. The van der Waals surface area contributed by atoms with Gasteiger partial charge in [0.2, 0.25) is 0 Å². The van der Waals surface area contributed by atoms with Gasteiger partial charge in [0, 0.05) is 19.2 Å². The van der Waals surface area contributed by atoms with E-state index in [0.29, 0.717) is 10.8 Å². The zero-order valence-electron chi connectivity index (χ0n) is 6.95. The van der Waals surface area contributed by atoms with Gasteiger partial charge >= 0.3 is 0 Å². The molecule has 2 rings (SSSR count). The van der Waals surface area contributed by atoms with Gasteiger partial charge in [-0.1, -0.05) is 0 Å². The Morgan fingerprint density at radius 3 is 3.17 bits per heavy atom. The minimum Gasteiger partial charge on any atom is -0.294 e. The van der Waals surface area contributed by atoms with Gasteiger partial charge in [-0.25, -0.2) is 0 Å². The monoisotopic (exact) mass is 204 g/mol. The van der Waals surface area contributed by atoms with Crippen LogP contribution in [0, 0.1) is 0 Å². The maximum absolute atomic E-state index is 6.07. The molecule has 1 saturated heterocycles. The van der Waals surface area contributed by atoms with Crippen molar-refractivity contribution in [2.45, 2.75) is 30.0 Å². The van der Waals surface area contributed by atoms with E-state index in [1.54, 1.807) is 0 Å². The number of halogens is 1. The van der Waals surface area contributed by atoms with Crippen LogP contribution in [0.4, 0.5) is 0 Å². The molecule has 0 aromatic heterocycles. The van der Waals surface area contributed by atoms with Gasteiger partial charge in [-0.15, -0.1) is 23.4 Å². The normalized spacial score (nSPS) is 35.9. The van der Waals surface area contributed by atoms with Gasteiger partial charge in [0.05, 0.1) is 10.8 Å². The standard InChI is InChI=1S/C8H13ClN2S/c9-8-6-7(2-5-12-8)11-4-1-3-10-11/h3,7-8H,1-2,4-6H2. The highest BCUT2D eigenvalue weighted by Gasteiger charge is 2.26. The van der Waals surface area contributed by atoms with E-state index in [1.807, 2.05) is 18.0 Å². The summed E-state index contributed by atoms with van der Waals surface area (Å²) in [5.74, 6) is 1.19. The number of hydrazone groups is 1. The summed E-state index contributed by atoms with van der Waals surface area (Å²) >= 11 is 7.94. The van der Waals surface area contributed by atoms with E-state index in [0.717, 1.165) is 19.4 Å². The molecule has 2 heterocycles. The van der Waals surface area contributed by atoms with Crippen molar-refractivity contribution in [2.75, 3.05) is 12.3 Å². The lowest BCUT2D eigenvalue weighted by molar-refractivity contribution is 0.211. The van der Waals surface area contributed by atoms with E-state index in [4.69, 9.17) is 11.6 Å². The van der Waals surface area contributed by atoms with Crippen LogP contribution in [0.15, 0.2) is 5.10 Å². The summed E-state index contributed by atoms with van der Waals surface area (Å²) in [5.41, 5.74) is 0. The maximum atomic E-state index is 6.07. The average Bonchev–Trinajstić information content (AvgIpc) is 2.56. The minimum absolute atomic E-state index is 0.305. The molecule has 2 nitrogen and oxygen atoms in total. The zero-order valence-corrected chi connectivity index (χ0v) is 8.52. The molecule has 2 atom stereocenters. The Kier molecular flexibility index (Phi) is 2.81. The summed E-state index contributed by atoms with van der Waals surface area (Å²) in [7, 11) is 0. The van der Waals surface area contributed by atoms with Crippen molar-refractivity contribution >= 4 is 29.6 Å². The summed E-state index contributed by atoms with van der Waals surface area (Å²) in [5, 5.41) is 6.54. The van der Waals surface area contributed by atoms with Crippen molar-refractivity contribution in [1.82, 2.24) is 5.01 Å². The first kappa shape index (κ1) is 8.70. The SMILES string of the molecule is ClC1CC(N2CCC=N2)CCS1. The number of alkyl halides is 1. The highest BCUT2D eigenvalue weighted by Crippen LogP contribution is 2.31.